The van der Waals surface area contributed by atoms with E-state index in [4.69, 9.17) is 5.84 Å². The van der Waals surface area contributed by atoms with E-state index in [9.17, 15) is 0 Å². The van der Waals surface area contributed by atoms with Gasteiger partial charge in [0.25, 0.3) is 0 Å². The van der Waals surface area contributed by atoms with Gasteiger partial charge in [-0.2, -0.15) is 0 Å². The minimum Gasteiger partial charge on any atom is -0.296 e. The minimum absolute atomic E-state index is 0.234. The summed E-state index contributed by atoms with van der Waals surface area (Å²) in [5.41, 5.74) is 6.19. The number of hydrogen-bond acceptors (Lipinski definition) is 3. The lowest BCUT2D eigenvalue weighted by Gasteiger charge is -2.45. The fourth-order valence-electron chi connectivity index (χ4n) is 4.49. The summed E-state index contributed by atoms with van der Waals surface area (Å²) in [4.78, 5) is 2.73. The molecule has 3 nitrogen and oxygen atoms in total. The molecular weight excluding hydrogens is 258 g/mol. The lowest BCUT2D eigenvalue weighted by atomic mass is 9.82. The van der Waals surface area contributed by atoms with Crippen LogP contribution in [0.15, 0.2) is 24.3 Å². The van der Waals surface area contributed by atoms with Crippen molar-refractivity contribution in [2.75, 3.05) is 13.1 Å². The van der Waals surface area contributed by atoms with Gasteiger partial charge in [-0.1, -0.05) is 44.0 Å². The molecule has 116 valence electrons. The molecule has 1 heterocycles. The normalized spacial score (nSPS) is 23.5. The van der Waals surface area contributed by atoms with Gasteiger partial charge in [-0.15, -0.1) is 0 Å². The number of hydrogen-bond donors (Lipinski definition) is 2. The summed E-state index contributed by atoms with van der Waals surface area (Å²) in [5.74, 6) is 6.05. The third kappa shape index (κ3) is 2.75. The molecule has 1 atom stereocenters. The molecule has 2 fully saturated rings. The Labute approximate surface area is 128 Å². The number of nitrogens with zero attached hydrogens (tertiary/aromatic N) is 1. The number of aryl methyl sites for hydroxylation is 1. The number of benzene rings is 1. The van der Waals surface area contributed by atoms with E-state index in [0.29, 0.717) is 0 Å². The second kappa shape index (κ2) is 6.47. The van der Waals surface area contributed by atoms with Crippen LogP contribution in [-0.4, -0.2) is 23.5 Å². The molecule has 0 bridgehead atoms. The summed E-state index contributed by atoms with van der Waals surface area (Å²) in [6.07, 6.45) is 8.99. The van der Waals surface area contributed by atoms with Gasteiger partial charge in [-0.3, -0.25) is 16.2 Å². The van der Waals surface area contributed by atoms with Crippen LogP contribution in [0.1, 0.15) is 62.6 Å². The average Bonchev–Trinajstić information content (AvgIpc) is 3.20. The van der Waals surface area contributed by atoms with Crippen LogP contribution in [0.4, 0.5) is 0 Å². The monoisotopic (exact) mass is 287 g/mol. The highest BCUT2D eigenvalue weighted by molar-refractivity contribution is 5.29. The Morgan fingerprint density at radius 1 is 1.19 bits per heavy atom. The van der Waals surface area contributed by atoms with Crippen molar-refractivity contribution in [3.8, 4) is 0 Å². The molecule has 1 aliphatic carbocycles. The van der Waals surface area contributed by atoms with Crippen molar-refractivity contribution in [3.05, 3.63) is 35.4 Å². The Bertz CT molecular complexity index is 459. The molecule has 1 aliphatic heterocycles. The zero-order chi connectivity index (χ0) is 14.7. The van der Waals surface area contributed by atoms with E-state index in [-0.39, 0.29) is 11.6 Å². The van der Waals surface area contributed by atoms with Crippen LogP contribution in [0, 0.1) is 0 Å². The standard InChI is InChI=1S/C18H29N3/c1-2-15-8-7-9-16(14-15)17(20-19)18(10-3-4-11-18)21-12-5-6-13-21/h7-9,14,17,20H,2-6,10-13,19H2,1H3. The van der Waals surface area contributed by atoms with Crippen LogP contribution in [-0.2, 0) is 6.42 Å². The first kappa shape index (κ1) is 15.0. The van der Waals surface area contributed by atoms with Gasteiger partial charge in [-0.25, -0.2) is 0 Å². The molecule has 0 spiro atoms. The van der Waals surface area contributed by atoms with Crippen LogP contribution in [0.2, 0.25) is 0 Å². The van der Waals surface area contributed by atoms with Crippen molar-refractivity contribution in [2.24, 2.45) is 5.84 Å². The first-order valence-electron chi connectivity index (χ1n) is 8.60. The number of hydrazine groups is 1. The van der Waals surface area contributed by atoms with Crippen LogP contribution >= 0.6 is 0 Å². The van der Waals surface area contributed by atoms with Crippen molar-refractivity contribution in [1.29, 1.82) is 0 Å². The Kier molecular flexibility index (Phi) is 4.63. The SMILES string of the molecule is CCc1cccc(C(NN)C2(N3CCCC3)CCCC2)c1. The maximum absolute atomic E-state index is 6.05. The zero-order valence-corrected chi connectivity index (χ0v) is 13.3. The molecule has 3 heteroatoms. The smallest absolute Gasteiger partial charge is 0.0644 e. The second-order valence-electron chi connectivity index (χ2n) is 6.70. The summed E-state index contributed by atoms with van der Waals surface area (Å²) < 4.78 is 0. The topological polar surface area (TPSA) is 41.3 Å². The van der Waals surface area contributed by atoms with Crippen molar-refractivity contribution < 1.29 is 0 Å². The lowest BCUT2D eigenvalue weighted by Crippen LogP contribution is -2.55. The van der Waals surface area contributed by atoms with Crippen molar-refractivity contribution in [3.63, 3.8) is 0 Å². The van der Waals surface area contributed by atoms with E-state index in [1.807, 2.05) is 0 Å². The molecule has 0 radical (unpaired) electrons. The van der Waals surface area contributed by atoms with E-state index in [1.165, 1.54) is 62.7 Å². The summed E-state index contributed by atoms with van der Waals surface area (Å²) >= 11 is 0. The molecule has 1 aromatic carbocycles. The summed E-state index contributed by atoms with van der Waals surface area (Å²) in [7, 11) is 0. The first-order valence-corrected chi connectivity index (χ1v) is 8.60. The average molecular weight is 287 g/mol. The molecule has 2 aliphatic rings. The number of likely N-dealkylation sites (tertiary alicyclic amines) is 1. The molecule has 1 saturated carbocycles. The Morgan fingerprint density at radius 3 is 2.52 bits per heavy atom. The molecule has 1 saturated heterocycles. The predicted octanol–water partition coefficient (Wildman–Crippen LogP) is 3.16. The molecule has 21 heavy (non-hydrogen) atoms. The quantitative estimate of drug-likeness (QED) is 0.645. The molecule has 0 amide bonds. The van der Waals surface area contributed by atoms with Gasteiger partial charge < -0.3 is 0 Å². The van der Waals surface area contributed by atoms with Crippen LogP contribution in [0.5, 0.6) is 0 Å². The first-order chi connectivity index (χ1) is 10.3. The third-order valence-corrected chi connectivity index (χ3v) is 5.60. The van der Waals surface area contributed by atoms with E-state index in [0.717, 1.165) is 6.42 Å². The Hall–Kier alpha value is -0.900. The highest BCUT2D eigenvalue weighted by Crippen LogP contribution is 2.45. The summed E-state index contributed by atoms with van der Waals surface area (Å²) in [5, 5.41) is 0. The van der Waals surface area contributed by atoms with Crippen LogP contribution < -0.4 is 11.3 Å². The lowest BCUT2D eigenvalue weighted by molar-refractivity contribution is 0.0764. The van der Waals surface area contributed by atoms with Gasteiger partial charge in [0.15, 0.2) is 0 Å². The predicted molar refractivity (Wildman–Crippen MR) is 87.9 cm³/mol. The van der Waals surface area contributed by atoms with Gasteiger partial charge in [0.05, 0.1) is 6.04 Å². The minimum atomic E-state index is 0.234. The van der Waals surface area contributed by atoms with E-state index >= 15 is 0 Å². The highest BCUT2D eigenvalue weighted by Gasteiger charge is 2.46. The molecular formula is C18H29N3. The molecule has 1 aromatic rings. The van der Waals surface area contributed by atoms with Crippen LogP contribution in [0.3, 0.4) is 0 Å². The van der Waals surface area contributed by atoms with Gasteiger partial charge >= 0.3 is 0 Å². The maximum atomic E-state index is 6.05. The fourth-order valence-corrected chi connectivity index (χ4v) is 4.49. The van der Waals surface area contributed by atoms with Crippen molar-refractivity contribution in [2.45, 2.75) is 63.5 Å². The molecule has 0 aromatic heterocycles. The highest BCUT2D eigenvalue weighted by atomic mass is 15.3. The van der Waals surface area contributed by atoms with E-state index in [2.05, 4.69) is 41.5 Å². The van der Waals surface area contributed by atoms with Gasteiger partial charge in [-0.05, 0) is 56.3 Å². The summed E-state index contributed by atoms with van der Waals surface area (Å²) in [6, 6.07) is 9.25. The fraction of sp³-hybridized carbons (Fsp3) is 0.667. The number of nitrogens with two attached hydrogens (primary N) is 1. The van der Waals surface area contributed by atoms with Crippen molar-refractivity contribution in [1.82, 2.24) is 10.3 Å². The van der Waals surface area contributed by atoms with Crippen LogP contribution in [0.25, 0.3) is 0 Å². The number of nitrogens with one attached hydrogen (secondary N) is 1. The Morgan fingerprint density at radius 2 is 1.90 bits per heavy atom. The zero-order valence-electron chi connectivity index (χ0n) is 13.3. The maximum Gasteiger partial charge on any atom is 0.0644 e. The molecule has 3 rings (SSSR count). The van der Waals surface area contributed by atoms with Gasteiger partial charge in [0.1, 0.15) is 0 Å². The van der Waals surface area contributed by atoms with E-state index < -0.39 is 0 Å². The third-order valence-electron chi connectivity index (χ3n) is 5.60. The Balaban J connectivity index is 1.94. The van der Waals surface area contributed by atoms with Gasteiger partial charge in [0.2, 0.25) is 0 Å². The molecule has 1 unspecified atom stereocenters. The van der Waals surface area contributed by atoms with Crippen molar-refractivity contribution >= 4 is 0 Å². The molecule has 3 N–H and O–H groups in total. The second-order valence-corrected chi connectivity index (χ2v) is 6.70. The van der Waals surface area contributed by atoms with Gasteiger partial charge in [0, 0.05) is 5.54 Å². The largest absolute Gasteiger partial charge is 0.296 e. The van der Waals surface area contributed by atoms with E-state index in [1.54, 1.807) is 0 Å². The summed E-state index contributed by atoms with van der Waals surface area (Å²) in [6.45, 7) is 4.70. The number of rotatable bonds is 5.